The number of hydrogen-bond acceptors (Lipinski definition) is 4. The second-order valence-electron chi connectivity index (χ2n) is 7.36. The van der Waals surface area contributed by atoms with Gasteiger partial charge >= 0.3 is 0 Å². The van der Waals surface area contributed by atoms with E-state index in [4.69, 9.17) is 0 Å². The summed E-state index contributed by atoms with van der Waals surface area (Å²) in [7, 11) is 0. The molecule has 7 heteroatoms. The van der Waals surface area contributed by atoms with Crippen LogP contribution in [0.1, 0.15) is 41.5 Å². The first-order valence-corrected chi connectivity index (χ1v) is 9.19. The number of aliphatic imine (C=N–C) groups is 1. The summed E-state index contributed by atoms with van der Waals surface area (Å²) in [6.45, 7) is 6.83. The Labute approximate surface area is 158 Å². The average molecular weight is 365 g/mol. The Morgan fingerprint density at radius 1 is 1.11 bits per heavy atom. The lowest BCUT2D eigenvalue weighted by Gasteiger charge is -2.35. The molecule has 1 aromatic heterocycles. The van der Waals surface area contributed by atoms with Crippen LogP contribution < -0.4 is 5.32 Å². The van der Waals surface area contributed by atoms with Crippen molar-refractivity contribution in [3.05, 3.63) is 47.3 Å². The Hall–Kier alpha value is -2.96. The van der Waals surface area contributed by atoms with E-state index in [-0.39, 0.29) is 11.8 Å². The fourth-order valence-electron chi connectivity index (χ4n) is 3.92. The minimum atomic E-state index is -0.680. The van der Waals surface area contributed by atoms with E-state index in [9.17, 15) is 9.59 Å². The van der Waals surface area contributed by atoms with Gasteiger partial charge in [-0.3, -0.25) is 14.6 Å². The first kappa shape index (κ1) is 17.5. The van der Waals surface area contributed by atoms with Crippen LogP contribution in [0.15, 0.2) is 35.3 Å². The highest BCUT2D eigenvalue weighted by Gasteiger charge is 2.45. The highest BCUT2D eigenvalue weighted by Crippen LogP contribution is 2.30. The smallest absolute Gasteiger partial charge is 0.253 e. The zero-order chi connectivity index (χ0) is 19.2. The average Bonchev–Trinajstić information content (AvgIpc) is 3.13. The first-order valence-electron chi connectivity index (χ1n) is 9.19. The van der Waals surface area contributed by atoms with E-state index in [0.29, 0.717) is 37.3 Å². The molecule has 2 aliphatic heterocycles. The third-order valence-corrected chi connectivity index (χ3v) is 5.35. The number of nitrogens with one attached hydrogen (secondary N) is 1. The Balaban J connectivity index is 1.46. The molecule has 1 aromatic carbocycles. The number of aryl methyl sites for hydroxylation is 2. The van der Waals surface area contributed by atoms with Gasteiger partial charge < -0.3 is 10.2 Å². The number of likely N-dealkylation sites (tertiary alicyclic amines) is 1. The van der Waals surface area contributed by atoms with E-state index < -0.39 is 5.54 Å². The van der Waals surface area contributed by atoms with Crippen molar-refractivity contribution in [2.45, 2.75) is 39.2 Å². The van der Waals surface area contributed by atoms with Crippen molar-refractivity contribution in [2.75, 3.05) is 13.1 Å². The van der Waals surface area contributed by atoms with Crippen LogP contribution in [-0.4, -0.2) is 51.0 Å². The van der Waals surface area contributed by atoms with Gasteiger partial charge in [0.1, 0.15) is 11.4 Å². The number of amidine groups is 1. The number of hydrogen-bond donors (Lipinski definition) is 1. The second-order valence-corrected chi connectivity index (χ2v) is 7.36. The molecule has 27 heavy (non-hydrogen) atoms. The standard InChI is InChI=1S/C20H23N5O2/c1-13-12-14(2)25(23-13)17-6-4-16(5-7-17)18(26)24-10-8-20(9-11-24)19(27)21-15(3)22-20/h4-7,12H,8-11H2,1-3H3,(H,21,22,27). The molecular weight excluding hydrogens is 342 g/mol. The van der Waals surface area contributed by atoms with Gasteiger partial charge in [0.05, 0.1) is 11.4 Å². The van der Waals surface area contributed by atoms with Crippen LogP contribution in [-0.2, 0) is 4.79 Å². The third-order valence-electron chi connectivity index (χ3n) is 5.35. The van der Waals surface area contributed by atoms with Crippen molar-refractivity contribution >= 4 is 17.6 Å². The Bertz CT molecular complexity index is 934. The zero-order valence-electron chi connectivity index (χ0n) is 15.8. The molecule has 1 spiro atoms. The summed E-state index contributed by atoms with van der Waals surface area (Å²) in [5.41, 5.74) is 2.91. The number of benzene rings is 1. The molecular formula is C20H23N5O2. The number of nitrogens with zero attached hydrogens (tertiary/aromatic N) is 4. The SMILES string of the molecule is CC1=NC2(CCN(C(=O)c3ccc(-n4nc(C)cc4C)cc3)CC2)C(=O)N1. The minimum absolute atomic E-state index is 0.0103. The van der Waals surface area contributed by atoms with Crippen molar-refractivity contribution in [1.29, 1.82) is 0 Å². The summed E-state index contributed by atoms with van der Waals surface area (Å²) >= 11 is 0. The van der Waals surface area contributed by atoms with Crippen molar-refractivity contribution in [3.8, 4) is 5.69 Å². The molecule has 0 saturated carbocycles. The molecule has 140 valence electrons. The number of rotatable bonds is 2. The quantitative estimate of drug-likeness (QED) is 0.884. The summed E-state index contributed by atoms with van der Waals surface area (Å²) in [4.78, 5) is 31.3. The van der Waals surface area contributed by atoms with Crippen molar-refractivity contribution < 1.29 is 9.59 Å². The Kier molecular flexibility index (Phi) is 4.09. The summed E-state index contributed by atoms with van der Waals surface area (Å²) in [6, 6.07) is 9.52. The molecule has 1 fully saturated rings. The van der Waals surface area contributed by atoms with E-state index in [2.05, 4.69) is 15.4 Å². The Morgan fingerprint density at radius 3 is 2.30 bits per heavy atom. The molecule has 0 unspecified atom stereocenters. The monoisotopic (exact) mass is 365 g/mol. The lowest BCUT2D eigenvalue weighted by molar-refractivity contribution is -0.125. The van der Waals surface area contributed by atoms with Crippen LogP contribution in [0, 0.1) is 13.8 Å². The van der Waals surface area contributed by atoms with Crippen LogP contribution in [0.3, 0.4) is 0 Å². The maximum Gasteiger partial charge on any atom is 0.253 e. The molecule has 2 aliphatic rings. The molecule has 1 saturated heterocycles. The maximum atomic E-state index is 12.8. The van der Waals surface area contributed by atoms with Gasteiger partial charge in [-0.1, -0.05) is 0 Å². The van der Waals surface area contributed by atoms with E-state index in [0.717, 1.165) is 17.1 Å². The molecule has 0 radical (unpaired) electrons. The largest absolute Gasteiger partial charge is 0.338 e. The highest BCUT2D eigenvalue weighted by molar-refractivity contribution is 6.07. The molecule has 0 aliphatic carbocycles. The van der Waals surface area contributed by atoms with E-state index in [1.54, 1.807) is 11.8 Å². The van der Waals surface area contributed by atoms with Crippen molar-refractivity contribution in [1.82, 2.24) is 20.0 Å². The van der Waals surface area contributed by atoms with Crippen LogP contribution in [0.4, 0.5) is 0 Å². The molecule has 2 amide bonds. The fraction of sp³-hybridized carbons (Fsp3) is 0.400. The second kappa shape index (κ2) is 6.33. The number of carbonyl (C=O) groups is 2. The number of aromatic nitrogens is 2. The van der Waals surface area contributed by atoms with Gasteiger partial charge in [-0.05, 0) is 63.9 Å². The van der Waals surface area contributed by atoms with Gasteiger partial charge in [-0.15, -0.1) is 0 Å². The van der Waals surface area contributed by atoms with Gasteiger partial charge in [-0.2, -0.15) is 5.10 Å². The summed E-state index contributed by atoms with van der Waals surface area (Å²) in [5.74, 6) is 0.615. The maximum absolute atomic E-state index is 12.8. The van der Waals surface area contributed by atoms with Crippen LogP contribution >= 0.6 is 0 Å². The number of carbonyl (C=O) groups excluding carboxylic acids is 2. The molecule has 1 N–H and O–H groups in total. The highest BCUT2D eigenvalue weighted by atomic mass is 16.2. The lowest BCUT2D eigenvalue weighted by Crippen LogP contribution is -2.50. The first-order chi connectivity index (χ1) is 12.9. The van der Waals surface area contributed by atoms with Crippen LogP contribution in [0.5, 0.6) is 0 Å². The van der Waals surface area contributed by atoms with Gasteiger partial charge in [0, 0.05) is 24.3 Å². The summed E-state index contributed by atoms with van der Waals surface area (Å²) in [6.07, 6.45) is 1.12. The summed E-state index contributed by atoms with van der Waals surface area (Å²) in [5, 5.41) is 7.25. The minimum Gasteiger partial charge on any atom is -0.338 e. The predicted octanol–water partition coefficient (Wildman–Crippen LogP) is 2.01. The van der Waals surface area contributed by atoms with E-state index in [1.165, 1.54) is 0 Å². The summed E-state index contributed by atoms with van der Waals surface area (Å²) < 4.78 is 1.87. The van der Waals surface area contributed by atoms with Gasteiger partial charge in [-0.25, -0.2) is 4.68 Å². The number of amides is 2. The number of piperidine rings is 1. The van der Waals surface area contributed by atoms with E-state index >= 15 is 0 Å². The lowest BCUT2D eigenvalue weighted by atomic mass is 9.88. The zero-order valence-corrected chi connectivity index (χ0v) is 15.8. The topological polar surface area (TPSA) is 79.6 Å². The van der Waals surface area contributed by atoms with Crippen LogP contribution in [0.2, 0.25) is 0 Å². The van der Waals surface area contributed by atoms with Gasteiger partial charge in [0.15, 0.2) is 0 Å². The molecule has 0 bridgehead atoms. The van der Waals surface area contributed by atoms with Gasteiger partial charge in [0.2, 0.25) is 0 Å². The molecule has 2 aromatic rings. The predicted molar refractivity (Wildman–Crippen MR) is 102 cm³/mol. The Morgan fingerprint density at radius 2 is 1.78 bits per heavy atom. The van der Waals surface area contributed by atoms with Gasteiger partial charge in [0.25, 0.3) is 11.8 Å². The normalized spacial score (nSPS) is 18.6. The van der Waals surface area contributed by atoms with E-state index in [1.807, 2.05) is 48.9 Å². The molecule has 3 heterocycles. The van der Waals surface area contributed by atoms with Crippen molar-refractivity contribution in [3.63, 3.8) is 0 Å². The van der Waals surface area contributed by atoms with Crippen LogP contribution in [0.25, 0.3) is 5.69 Å². The van der Waals surface area contributed by atoms with Crippen molar-refractivity contribution in [2.24, 2.45) is 4.99 Å². The molecule has 7 nitrogen and oxygen atoms in total. The fourth-order valence-corrected chi connectivity index (χ4v) is 3.92. The molecule has 0 atom stereocenters. The third kappa shape index (κ3) is 3.03. The molecule has 4 rings (SSSR count).